The van der Waals surface area contributed by atoms with Crippen molar-refractivity contribution in [1.29, 1.82) is 0 Å². The molecule has 5 heteroatoms. The van der Waals surface area contributed by atoms with E-state index in [0.29, 0.717) is 26.3 Å². The van der Waals surface area contributed by atoms with Crippen molar-refractivity contribution >= 4 is 0 Å². The van der Waals surface area contributed by atoms with Gasteiger partial charge in [0.2, 0.25) is 0 Å². The van der Waals surface area contributed by atoms with Gasteiger partial charge in [-0.15, -0.1) is 0 Å². The summed E-state index contributed by atoms with van der Waals surface area (Å²) in [6.07, 6.45) is 1.75. The van der Waals surface area contributed by atoms with Crippen molar-refractivity contribution in [3.05, 3.63) is 42.2 Å². The van der Waals surface area contributed by atoms with E-state index in [0.717, 1.165) is 17.2 Å². The average molecular weight is 261 g/mol. The molecule has 0 atom stereocenters. The van der Waals surface area contributed by atoms with Crippen LogP contribution in [0.2, 0.25) is 0 Å². The molecule has 2 N–H and O–H groups in total. The number of ether oxygens (including phenoxy) is 2. The summed E-state index contributed by atoms with van der Waals surface area (Å²) >= 11 is 0. The fourth-order valence-electron chi connectivity index (χ4n) is 1.82. The van der Waals surface area contributed by atoms with Crippen molar-refractivity contribution in [2.24, 2.45) is 5.73 Å². The number of nitrogens with zero attached hydrogens (tertiary/aromatic N) is 2. The SMILES string of the molecule is CCOc1ccccc1OCCn1nccc1CN. The molecule has 5 nitrogen and oxygen atoms in total. The molecule has 0 amide bonds. The van der Waals surface area contributed by atoms with Crippen LogP contribution in [-0.2, 0) is 13.1 Å². The van der Waals surface area contributed by atoms with Gasteiger partial charge in [0.05, 0.1) is 18.8 Å². The van der Waals surface area contributed by atoms with Gasteiger partial charge in [-0.1, -0.05) is 12.1 Å². The minimum atomic E-state index is 0.482. The molecule has 102 valence electrons. The van der Waals surface area contributed by atoms with Crippen LogP contribution in [0.15, 0.2) is 36.5 Å². The van der Waals surface area contributed by atoms with Crippen LogP contribution in [0.5, 0.6) is 11.5 Å². The molecule has 2 rings (SSSR count). The second-order valence-corrected chi connectivity index (χ2v) is 3.98. The summed E-state index contributed by atoms with van der Waals surface area (Å²) in [5.74, 6) is 1.52. The number of para-hydroxylation sites is 2. The molecule has 0 unspecified atom stereocenters. The number of aromatic nitrogens is 2. The van der Waals surface area contributed by atoms with Crippen molar-refractivity contribution in [3.8, 4) is 11.5 Å². The summed E-state index contributed by atoms with van der Waals surface area (Å²) in [6.45, 7) is 4.25. The highest BCUT2D eigenvalue weighted by Crippen LogP contribution is 2.26. The molecule has 0 radical (unpaired) electrons. The van der Waals surface area contributed by atoms with Crippen LogP contribution in [0.1, 0.15) is 12.6 Å². The molecule has 0 saturated heterocycles. The van der Waals surface area contributed by atoms with Crippen LogP contribution < -0.4 is 15.2 Å². The Hall–Kier alpha value is -2.01. The first-order valence-corrected chi connectivity index (χ1v) is 6.40. The maximum atomic E-state index is 5.74. The van der Waals surface area contributed by atoms with Crippen molar-refractivity contribution < 1.29 is 9.47 Å². The summed E-state index contributed by atoms with van der Waals surface area (Å²) in [6, 6.07) is 9.57. The summed E-state index contributed by atoms with van der Waals surface area (Å²) < 4.78 is 13.1. The molecule has 0 aliphatic carbocycles. The third-order valence-electron chi connectivity index (χ3n) is 2.72. The first-order valence-electron chi connectivity index (χ1n) is 6.40. The van der Waals surface area contributed by atoms with Crippen LogP contribution in [0.4, 0.5) is 0 Å². The van der Waals surface area contributed by atoms with Crippen molar-refractivity contribution in [1.82, 2.24) is 9.78 Å². The van der Waals surface area contributed by atoms with Gasteiger partial charge in [0, 0.05) is 12.7 Å². The molecule has 0 fully saturated rings. The fourth-order valence-corrected chi connectivity index (χ4v) is 1.82. The summed E-state index contributed by atoms with van der Waals surface area (Å²) in [5, 5.41) is 4.20. The Morgan fingerprint density at radius 2 is 1.89 bits per heavy atom. The zero-order valence-corrected chi connectivity index (χ0v) is 11.1. The largest absolute Gasteiger partial charge is 0.490 e. The number of rotatable bonds is 7. The lowest BCUT2D eigenvalue weighted by atomic mass is 10.3. The third kappa shape index (κ3) is 3.48. The van der Waals surface area contributed by atoms with Crippen LogP contribution in [0.3, 0.4) is 0 Å². The first-order chi connectivity index (χ1) is 9.35. The maximum absolute atomic E-state index is 5.74. The highest BCUT2D eigenvalue weighted by molar-refractivity contribution is 5.39. The van der Waals surface area contributed by atoms with Gasteiger partial charge < -0.3 is 15.2 Å². The molecule has 0 aliphatic rings. The molecule has 1 aromatic carbocycles. The highest BCUT2D eigenvalue weighted by Gasteiger charge is 2.04. The highest BCUT2D eigenvalue weighted by atomic mass is 16.5. The standard InChI is InChI=1S/C14H19N3O2/c1-2-18-13-5-3-4-6-14(13)19-10-9-17-12(11-15)7-8-16-17/h3-8H,2,9-11,15H2,1H3. The summed E-state index contributed by atoms with van der Waals surface area (Å²) in [7, 11) is 0. The Morgan fingerprint density at radius 3 is 2.58 bits per heavy atom. The lowest BCUT2D eigenvalue weighted by Crippen LogP contribution is -2.14. The van der Waals surface area contributed by atoms with Gasteiger partial charge in [0.15, 0.2) is 11.5 Å². The van der Waals surface area contributed by atoms with Gasteiger partial charge in [0.25, 0.3) is 0 Å². The predicted molar refractivity (Wildman–Crippen MR) is 73.2 cm³/mol. The van der Waals surface area contributed by atoms with Crippen molar-refractivity contribution in [3.63, 3.8) is 0 Å². The van der Waals surface area contributed by atoms with E-state index in [9.17, 15) is 0 Å². The number of hydrogen-bond acceptors (Lipinski definition) is 4. The smallest absolute Gasteiger partial charge is 0.161 e. The molecule has 1 aromatic heterocycles. The van der Waals surface area contributed by atoms with Crippen molar-refractivity contribution in [2.75, 3.05) is 13.2 Å². The monoisotopic (exact) mass is 261 g/mol. The molecule has 0 bridgehead atoms. The normalized spacial score (nSPS) is 10.4. The number of hydrogen-bond donors (Lipinski definition) is 1. The lowest BCUT2D eigenvalue weighted by molar-refractivity contribution is 0.261. The molecular formula is C14H19N3O2. The average Bonchev–Trinajstić information content (AvgIpc) is 2.88. The zero-order chi connectivity index (χ0) is 13.5. The van der Waals surface area contributed by atoms with Gasteiger partial charge >= 0.3 is 0 Å². The van der Waals surface area contributed by atoms with Crippen molar-refractivity contribution in [2.45, 2.75) is 20.0 Å². The Balaban J connectivity index is 1.92. The second kappa shape index (κ2) is 6.80. The number of nitrogens with two attached hydrogens (primary N) is 1. The maximum Gasteiger partial charge on any atom is 0.161 e. The lowest BCUT2D eigenvalue weighted by Gasteiger charge is -2.12. The predicted octanol–water partition coefficient (Wildman–Crippen LogP) is 1.82. The van der Waals surface area contributed by atoms with E-state index in [-0.39, 0.29) is 0 Å². The van der Waals surface area contributed by atoms with Gasteiger partial charge in [0.1, 0.15) is 6.61 Å². The first kappa shape index (κ1) is 13.4. The van der Waals surface area contributed by atoms with Crippen LogP contribution in [0.25, 0.3) is 0 Å². The molecular weight excluding hydrogens is 242 g/mol. The Bertz CT molecular complexity index is 511. The van der Waals surface area contributed by atoms with Gasteiger partial charge in [-0.05, 0) is 25.1 Å². The molecule has 2 aromatic rings. The zero-order valence-electron chi connectivity index (χ0n) is 11.1. The van der Waals surface area contributed by atoms with E-state index in [1.54, 1.807) is 6.20 Å². The van der Waals surface area contributed by atoms with Crippen LogP contribution >= 0.6 is 0 Å². The molecule has 19 heavy (non-hydrogen) atoms. The van der Waals surface area contributed by atoms with Crippen LogP contribution in [0, 0.1) is 0 Å². The summed E-state index contributed by atoms with van der Waals surface area (Å²) in [5.41, 5.74) is 6.62. The number of benzene rings is 1. The Morgan fingerprint density at radius 1 is 1.16 bits per heavy atom. The third-order valence-corrected chi connectivity index (χ3v) is 2.72. The Labute approximate surface area is 112 Å². The van der Waals surface area contributed by atoms with E-state index in [1.807, 2.05) is 41.9 Å². The quantitative estimate of drug-likeness (QED) is 0.825. The van der Waals surface area contributed by atoms with Gasteiger partial charge in [-0.25, -0.2) is 0 Å². The van der Waals surface area contributed by atoms with Crippen LogP contribution in [-0.4, -0.2) is 23.0 Å². The molecule has 0 spiro atoms. The fraction of sp³-hybridized carbons (Fsp3) is 0.357. The van der Waals surface area contributed by atoms with E-state index < -0.39 is 0 Å². The van der Waals surface area contributed by atoms with E-state index in [1.165, 1.54) is 0 Å². The molecule has 1 heterocycles. The molecule has 0 saturated carbocycles. The van der Waals surface area contributed by atoms with E-state index in [4.69, 9.17) is 15.2 Å². The Kier molecular flexibility index (Phi) is 4.80. The van der Waals surface area contributed by atoms with E-state index in [2.05, 4.69) is 5.10 Å². The van der Waals surface area contributed by atoms with Gasteiger partial charge in [-0.2, -0.15) is 5.10 Å². The minimum absolute atomic E-state index is 0.482. The van der Waals surface area contributed by atoms with E-state index >= 15 is 0 Å². The molecule has 0 aliphatic heterocycles. The minimum Gasteiger partial charge on any atom is -0.490 e. The second-order valence-electron chi connectivity index (χ2n) is 3.98. The van der Waals surface area contributed by atoms with Gasteiger partial charge in [-0.3, -0.25) is 4.68 Å². The summed E-state index contributed by atoms with van der Waals surface area (Å²) in [4.78, 5) is 0. The topological polar surface area (TPSA) is 62.3 Å².